The number of thiophene rings is 1. The van der Waals surface area contributed by atoms with Crippen LogP contribution in [0.25, 0.3) is 22.2 Å². The molecule has 0 radical (unpaired) electrons. The van der Waals surface area contributed by atoms with Gasteiger partial charge in [0, 0.05) is 20.3 Å². The number of rotatable bonds is 3. The van der Waals surface area contributed by atoms with Crippen molar-refractivity contribution in [1.29, 1.82) is 5.26 Å². The zero-order valence-corrected chi connectivity index (χ0v) is 18.2. The highest BCUT2D eigenvalue weighted by molar-refractivity contribution is 9.10. The average molecular weight is 462 g/mol. The van der Waals surface area contributed by atoms with Crippen molar-refractivity contribution < 1.29 is 4.79 Å². The number of hydrogen-bond donors (Lipinski definition) is 1. The zero-order valence-electron chi connectivity index (χ0n) is 15.8. The van der Waals surface area contributed by atoms with Gasteiger partial charge in [-0.3, -0.25) is 4.79 Å². The highest BCUT2D eigenvalue weighted by Gasteiger charge is 2.18. The van der Waals surface area contributed by atoms with Gasteiger partial charge in [0.05, 0.1) is 22.3 Å². The summed E-state index contributed by atoms with van der Waals surface area (Å²) in [4.78, 5) is 19.0. The highest BCUT2D eigenvalue weighted by atomic mass is 79.9. The Morgan fingerprint density at radius 1 is 1.14 bits per heavy atom. The molecule has 0 unspecified atom stereocenters. The molecule has 4 rings (SSSR count). The van der Waals surface area contributed by atoms with Gasteiger partial charge in [-0.1, -0.05) is 46.3 Å². The van der Waals surface area contributed by atoms with Crippen LogP contribution in [0, 0.1) is 25.2 Å². The minimum atomic E-state index is -0.252. The Morgan fingerprint density at radius 3 is 2.69 bits per heavy atom. The van der Waals surface area contributed by atoms with Crippen LogP contribution in [0.2, 0.25) is 0 Å². The van der Waals surface area contributed by atoms with Crippen LogP contribution >= 0.6 is 27.3 Å². The molecular formula is C23H16BrN3OS. The maximum Gasteiger partial charge on any atom is 0.257 e. The lowest BCUT2D eigenvalue weighted by Crippen LogP contribution is -2.13. The number of carbonyl (C=O) groups excluding carboxylic acids is 1. The standard InChI is InChI=1S/C23H16BrN3OS/c1-13-14(2)29-23(19(13)12-25)27-22(28)18-11-21(15-6-5-7-16(24)10-15)26-20-9-4-3-8-17(18)20/h3-11H,1-2H3,(H,27,28). The van der Waals surface area contributed by atoms with E-state index in [9.17, 15) is 10.1 Å². The molecule has 4 aromatic rings. The third kappa shape index (κ3) is 3.67. The van der Waals surface area contributed by atoms with E-state index in [4.69, 9.17) is 4.98 Å². The molecule has 2 aromatic carbocycles. The van der Waals surface area contributed by atoms with Crippen molar-refractivity contribution in [3.05, 3.63) is 80.6 Å². The minimum absolute atomic E-state index is 0.252. The summed E-state index contributed by atoms with van der Waals surface area (Å²) < 4.78 is 0.944. The molecule has 2 heterocycles. The second-order valence-corrected chi connectivity index (χ2v) is 8.78. The number of halogens is 1. The summed E-state index contributed by atoms with van der Waals surface area (Å²) in [5.74, 6) is -0.252. The van der Waals surface area contributed by atoms with Crippen molar-refractivity contribution in [2.24, 2.45) is 0 Å². The van der Waals surface area contributed by atoms with E-state index in [1.807, 2.05) is 62.4 Å². The molecule has 1 amide bonds. The fraction of sp³-hybridized carbons (Fsp3) is 0.0870. The molecule has 6 heteroatoms. The van der Waals surface area contributed by atoms with Crippen LogP contribution in [0.3, 0.4) is 0 Å². The van der Waals surface area contributed by atoms with E-state index in [-0.39, 0.29) is 5.91 Å². The van der Waals surface area contributed by atoms with Gasteiger partial charge in [0.25, 0.3) is 5.91 Å². The van der Waals surface area contributed by atoms with Crippen LogP contribution in [0.4, 0.5) is 5.00 Å². The summed E-state index contributed by atoms with van der Waals surface area (Å²) in [6, 6.07) is 19.4. The van der Waals surface area contributed by atoms with E-state index in [0.717, 1.165) is 31.4 Å². The smallest absolute Gasteiger partial charge is 0.257 e. The largest absolute Gasteiger partial charge is 0.312 e. The zero-order chi connectivity index (χ0) is 20.5. The van der Waals surface area contributed by atoms with Crippen LogP contribution in [0.1, 0.15) is 26.4 Å². The molecule has 0 aliphatic carbocycles. The normalized spacial score (nSPS) is 10.7. The van der Waals surface area contributed by atoms with Crippen molar-refractivity contribution in [3.8, 4) is 17.3 Å². The van der Waals surface area contributed by atoms with Crippen molar-refractivity contribution in [1.82, 2.24) is 4.98 Å². The molecule has 0 bridgehead atoms. The first-order valence-electron chi connectivity index (χ1n) is 8.95. The van der Waals surface area contributed by atoms with E-state index in [1.165, 1.54) is 11.3 Å². The number of nitrogens with zero attached hydrogens (tertiary/aromatic N) is 2. The van der Waals surface area contributed by atoms with E-state index in [2.05, 4.69) is 27.3 Å². The van der Waals surface area contributed by atoms with E-state index >= 15 is 0 Å². The highest BCUT2D eigenvalue weighted by Crippen LogP contribution is 2.33. The summed E-state index contributed by atoms with van der Waals surface area (Å²) in [5, 5.41) is 13.8. The third-order valence-electron chi connectivity index (χ3n) is 4.81. The first kappa shape index (κ1) is 19.3. The van der Waals surface area contributed by atoms with Gasteiger partial charge < -0.3 is 5.32 Å². The SMILES string of the molecule is Cc1sc(NC(=O)c2cc(-c3cccc(Br)c3)nc3ccccc23)c(C#N)c1C. The summed E-state index contributed by atoms with van der Waals surface area (Å²) in [5.41, 5.74) is 4.33. The number of nitriles is 1. The van der Waals surface area contributed by atoms with Crippen molar-refractivity contribution >= 4 is 49.1 Å². The van der Waals surface area contributed by atoms with Crippen LogP contribution in [0.5, 0.6) is 0 Å². The number of carbonyl (C=O) groups is 1. The molecule has 0 atom stereocenters. The Balaban J connectivity index is 1.83. The van der Waals surface area contributed by atoms with Gasteiger partial charge in [-0.2, -0.15) is 5.26 Å². The Bertz CT molecular complexity index is 1300. The molecule has 0 spiro atoms. The molecule has 2 aromatic heterocycles. The first-order chi connectivity index (χ1) is 14.0. The van der Waals surface area contributed by atoms with Crippen molar-refractivity contribution in [3.63, 3.8) is 0 Å². The predicted molar refractivity (Wildman–Crippen MR) is 121 cm³/mol. The quantitative estimate of drug-likeness (QED) is 0.380. The fourth-order valence-electron chi connectivity index (χ4n) is 3.18. The van der Waals surface area contributed by atoms with Gasteiger partial charge in [0.2, 0.25) is 0 Å². The lowest BCUT2D eigenvalue weighted by molar-refractivity contribution is 0.102. The Hall–Kier alpha value is -3.01. The molecule has 29 heavy (non-hydrogen) atoms. The number of anilines is 1. The van der Waals surface area contributed by atoms with Crippen molar-refractivity contribution in [2.75, 3.05) is 5.32 Å². The van der Waals surface area contributed by atoms with Crippen LogP contribution in [0.15, 0.2) is 59.1 Å². The topological polar surface area (TPSA) is 65.8 Å². The van der Waals surface area contributed by atoms with Gasteiger partial charge >= 0.3 is 0 Å². The van der Waals surface area contributed by atoms with Crippen molar-refractivity contribution in [2.45, 2.75) is 13.8 Å². The van der Waals surface area contributed by atoms with Gasteiger partial charge in [-0.05, 0) is 43.7 Å². The molecule has 0 aliphatic rings. The van der Waals surface area contributed by atoms with Gasteiger partial charge in [-0.15, -0.1) is 11.3 Å². The second kappa shape index (κ2) is 7.78. The molecule has 0 saturated carbocycles. The number of pyridine rings is 1. The molecule has 0 aliphatic heterocycles. The summed E-state index contributed by atoms with van der Waals surface area (Å²) in [6.07, 6.45) is 0. The Morgan fingerprint density at radius 2 is 1.93 bits per heavy atom. The third-order valence-corrected chi connectivity index (χ3v) is 6.42. The number of amides is 1. The maximum atomic E-state index is 13.2. The number of para-hydroxylation sites is 1. The van der Waals surface area contributed by atoms with Gasteiger partial charge in [0.1, 0.15) is 11.1 Å². The molecule has 1 N–H and O–H groups in total. The number of aryl methyl sites for hydroxylation is 1. The number of fused-ring (bicyclic) bond motifs is 1. The van der Waals surface area contributed by atoms with Crippen LogP contribution in [-0.4, -0.2) is 10.9 Å². The molecule has 0 saturated heterocycles. The summed E-state index contributed by atoms with van der Waals surface area (Å²) in [7, 11) is 0. The lowest BCUT2D eigenvalue weighted by Gasteiger charge is -2.10. The molecular weight excluding hydrogens is 446 g/mol. The summed E-state index contributed by atoms with van der Waals surface area (Å²) >= 11 is 4.91. The number of hydrogen-bond acceptors (Lipinski definition) is 4. The van der Waals surface area contributed by atoms with Gasteiger partial charge in [-0.25, -0.2) is 4.98 Å². The van der Waals surface area contributed by atoms with E-state index < -0.39 is 0 Å². The monoisotopic (exact) mass is 461 g/mol. The average Bonchev–Trinajstić information content (AvgIpc) is 2.99. The molecule has 142 valence electrons. The van der Waals surface area contributed by atoms with Crippen LogP contribution < -0.4 is 5.32 Å². The van der Waals surface area contributed by atoms with Gasteiger partial charge in [0.15, 0.2) is 0 Å². The van der Waals surface area contributed by atoms with E-state index in [1.54, 1.807) is 6.07 Å². The summed E-state index contributed by atoms with van der Waals surface area (Å²) in [6.45, 7) is 3.84. The number of aromatic nitrogens is 1. The minimum Gasteiger partial charge on any atom is -0.312 e. The Labute approximate surface area is 181 Å². The van der Waals surface area contributed by atoms with E-state index in [0.29, 0.717) is 21.8 Å². The Kier molecular flexibility index (Phi) is 5.18. The second-order valence-electron chi connectivity index (χ2n) is 6.64. The van der Waals surface area contributed by atoms with Crippen LogP contribution in [-0.2, 0) is 0 Å². The molecule has 4 nitrogen and oxygen atoms in total. The predicted octanol–water partition coefficient (Wildman–Crippen LogP) is 6.47. The number of benzene rings is 2. The first-order valence-corrected chi connectivity index (χ1v) is 10.6. The maximum absolute atomic E-state index is 13.2. The number of nitrogens with one attached hydrogen (secondary N) is 1. The molecule has 0 fully saturated rings. The lowest BCUT2D eigenvalue weighted by atomic mass is 10.0. The fourth-order valence-corrected chi connectivity index (χ4v) is 4.58.